The number of fused-ring (bicyclic) bond motifs is 1. The Hall–Kier alpha value is -3.54. The fraction of sp³-hybridized carbons (Fsp3) is 0.143. The molecule has 2 aromatic rings. The number of aryl methyl sites for hydroxylation is 1. The molecule has 3 rings (SSSR count). The van der Waals surface area contributed by atoms with E-state index in [1.165, 1.54) is 12.3 Å². The predicted molar refractivity (Wildman–Crippen MR) is 107 cm³/mol. The summed E-state index contributed by atoms with van der Waals surface area (Å²) in [6.07, 6.45) is 11.0. The third-order valence-electron chi connectivity index (χ3n) is 4.44. The monoisotopic (exact) mass is 360 g/mol. The molecule has 0 unspecified atom stereocenters. The number of allylic oxidation sites excluding steroid dienone is 1. The molecule has 0 aliphatic heterocycles. The van der Waals surface area contributed by atoms with E-state index in [9.17, 15) is 9.59 Å². The number of pyridine rings is 1. The zero-order valence-corrected chi connectivity index (χ0v) is 14.7. The Morgan fingerprint density at radius 3 is 2.89 bits per heavy atom. The lowest BCUT2D eigenvalue weighted by Crippen LogP contribution is -2.13. The lowest BCUT2D eigenvalue weighted by molar-refractivity contribution is -0.111. The molecule has 27 heavy (non-hydrogen) atoms. The molecule has 0 saturated carbocycles. The van der Waals surface area contributed by atoms with E-state index in [0.29, 0.717) is 23.2 Å². The Balaban J connectivity index is 1.75. The maximum absolute atomic E-state index is 12.3. The summed E-state index contributed by atoms with van der Waals surface area (Å²) < 4.78 is 0. The van der Waals surface area contributed by atoms with Gasteiger partial charge in [-0.1, -0.05) is 0 Å². The van der Waals surface area contributed by atoms with Crippen LogP contribution in [0.25, 0.3) is 11.6 Å². The SMILES string of the molecule is N=CC(=CN)c1ccncc1/C=C/C(=O)Nc1ccc2c(c1)CCCC2=O. The molecule has 0 spiro atoms. The minimum absolute atomic E-state index is 0.160. The predicted octanol–water partition coefficient (Wildman–Crippen LogP) is 3.20. The lowest BCUT2D eigenvalue weighted by Gasteiger charge is -2.15. The first kappa shape index (κ1) is 18.3. The van der Waals surface area contributed by atoms with E-state index in [1.807, 2.05) is 6.07 Å². The van der Waals surface area contributed by atoms with Gasteiger partial charge in [0.05, 0.1) is 0 Å². The zero-order chi connectivity index (χ0) is 19.2. The van der Waals surface area contributed by atoms with Crippen LogP contribution in [-0.4, -0.2) is 22.9 Å². The molecule has 0 atom stereocenters. The molecule has 1 aliphatic rings. The van der Waals surface area contributed by atoms with Crippen molar-refractivity contribution in [3.63, 3.8) is 0 Å². The highest BCUT2D eigenvalue weighted by Gasteiger charge is 2.17. The number of anilines is 1. The second kappa shape index (κ2) is 8.23. The number of benzene rings is 1. The minimum atomic E-state index is -0.292. The first-order chi connectivity index (χ1) is 13.1. The van der Waals surface area contributed by atoms with Crippen molar-refractivity contribution in [1.82, 2.24) is 4.98 Å². The number of nitrogens with one attached hydrogen (secondary N) is 2. The van der Waals surface area contributed by atoms with E-state index in [4.69, 9.17) is 11.1 Å². The average Bonchev–Trinajstić information content (AvgIpc) is 2.68. The van der Waals surface area contributed by atoms with Gasteiger partial charge in [0.25, 0.3) is 0 Å². The smallest absolute Gasteiger partial charge is 0.248 e. The number of hydrogen-bond donors (Lipinski definition) is 3. The molecule has 0 saturated heterocycles. The highest BCUT2D eigenvalue weighted by molar-refractivity contribution is 6.10. The summed E-state index contributed by atoms with van der Waals surface area (Å²) in [4.78, 5) is 28.2. The molecule has 0 bridgehead atoms. The van der Waals surface area contributed by atoms with Gasteiger partial charge in [0.1, 0.15) is 0 Å². The first-order valence-electron chi connectivity index (χ1n) is 8.64. The molecule has 4 N–H and O–H groups in total. The molecular formula is C21H20N4O2. The molecule has 6 heteroatoms. The van der Waals surface area contributed by atoms with E-state index in [0.717, 1.165) is 35.7 Å². The van der Waals surface area contributed by atoms with Gasteiger partial charge in [-0.15, -0.1) is 0 Å². The largest absolute Gasteiger partial charge is 0.404 e. The number of amides is 1. The number of nitrogens with two attached hydrogens (primary N) is 1. The Kier molecular flexibility index (Phi) is 5.56. The Morgan fingerprint density at radius 1 is 1.26 bits per heavy atom. The van der Waals surface area contributed by atoms with Gasteiger partial charge in [0.2, 0.25) is 5.91 Å². The van der Waals surface area contributed by atoms with Crippen molar-refractivity contribution in [1.29, 1.82) is 5.41 Å². The normalized spacial score (nSPS) is 14.1. The molecule has 1 aromatic heterocycles. The van der Waals surface area contributed by atoms with Crippen LogP contribution >= 0.6 is 0 Å². The van der Waals surface area contributed by atoms with E-state index in [-0.39, 0.29) is 11.7 Å². The highest BCUT2D eigenvalue weighted by atomic mass is 16.1. The summed E-state index contributed by atoms with van der Waals surface area (Å²) in [5.41, 5.74) is 9.88. The fourth-order valence-electron chi connectivity index (χ4n) is 3.09. The molecule has 1 heterocycles. The Labute approximate surface area is 157 Å². The number of aromatic nitrogens is 1. The summed E-state index contributed by atoms with van der Waals surface area (Å²) in [7, 11) is 0. The van der Waals surface area contributed by atoms with Crippen molar-refractivity contribution in [3.05, 3.63) is 71.2 Å². The first-order valence-corrected chi connectivity index (χ1v) is 8.64. The van der Waals surface area contributed by atoms with Gasteiger partial charge in [-0.3, -0.25) is 14.6 Å². The summed E-state index contributed by atoms with van der Waals surface area (Å²) >= 11 is 0. The summed E-state index contributed by atoms with van der Waals surface area (Å²) in [5.74, 6) is -0.131. The summed E-state index contributed by atoms with van der Waals surface area (Å²) in [6, 6.07) is 7.12. The maximum atomic E-state index is 12.3. The van der Waals surface area contributed by atoms with Crippen LogP contribution in [0.3, 0.4) is 0 Å². The van der Waals surface area contributed by atoms with Crippen molar-refractivity contribution in [2.45, 2.75) is 19.3 Å². The molecular weight excluding hydrogens is 340 g/mol. The topological polar surface area (TPSA) is 109 Å². The Morgan fingerprint density at radius 2 is 2.11 bits per heavy atom. The average molecular weight is 360 g/mol. The molecule has 1 amide bonds. The number of rotatable bonds is 5. The lowest BCUT2D eigenvalue weighted by atomic mass is 9.90. The van der Waals surface area contributed by atoms with Gasteiger partial charge in [-0.25, -0.2) is 0 Å². The highest BCUT2D eigenvalue weighted by Crippen LogP contribution is 2.24. The fourth-order valence-corrected chi connectivity index (χ4v) is 3.09. The second-order valence-corrected chi connectivity index (χ2v) is 6.20. The Bertz CT molecular complexity index is 960. The minimum Gasteiger partial charge on any atom is -0.404 e. The molecule has 1 aliphatic carbocycles. The van der Waals surface area contributed by atoms with Crippen LogP contribution < -0.4 is 11.1 Å². The van der Waals surface area contributed by atoms with Crippen LogP contribution in [-0.2, 0) is 11.2 Å². The molecule has 0 fully saturated rings. The van der Waals surface area contributed by atoms with Gasteiger partial charge in [-0.2, -0.15) is 0 Å². The van der Waals surface area contributed by atoms with Crippen molar-refractivity contribution in [2.75, 3.05) is 5.32 Å². The summed E-state index contributed by atoms with van der Waals surface area (Å²) in [5, 5.41) is 10.2. The van der Waals surface area contributed by atoms with Gasteiger partial charge < -0.3 is 16.5 Å². The number of Topliss-reactive ketones (excluding diaryl/α,β-unsaturated/α-hetero) is 1. The quantitative estimate of drug-likeness (QED) is 0.562. The number of hydrogen-bond acceptors (Lipinski definition) is 5. The van der Waals surface area contributed by atoms with Crippen LogP contribution in [0, 0.1) is 5.41 Å². The number of nitrogens with zero attached hydrogens (tertiary/aromatic N) is 1. The van der Waals surface area contributed by atoms with Gasteiger partial charge in [0.15, 0.2) is 5.78 Å². The van der Waals surface area contributed by atoms with Crippen molar-refractivity contribution < 1.29 is 9.59 Å². The van der Waals surface area contributed by atoms with Gasteiger partial charge >= 0.3 is 0 Å². The summed E-state index contributed by atoms with van der Waals surface area (Å²) in [6.45, 7) is 0. The maximum Gasteiger partial charge on any atom is 0.248 e. The standard InChI is InChI=1S/C21H20N4O2/c22-11-16(12-23)18-8-9-24-13-15(18)4-7-21(27)25-17-5-6-19-14(10-17)2-1-3-20(19)26/h4-13,22H,1-3,23H2,(H,25,27)/b7-4+,16-12?,22-11?. The van der Waals surface area contributed by atoms with Gasteiger partial charge in [0, 0.05) is 59.7 Å². The second-order valence-electron chi connectivity index (χ2n) is 6.20. The zero-order valence-electron chi connectivity index (χ0n) is 14.7. The molecule has 1 aromatic carbocycles. The van der Waals surface area contributed by atoms with Crippen molar-refractivity contribution in [2.24, 2.45) is 5.73 Å². The number of carbonyl (C=O) groups is 2. The van der Waals surface area contributed by atoms with Crippen LogP contribution in [0.1, 0.15) is 39.9 Å². The van der Waals surface area contributed by atoms with Crippen LogP contribution in [0.15, 0.2) is 48.9 Å². The number of ketones is 1. The van der Waals surface area contributed by atoms with E-state index in [2.05, 4.69) is 10.3 Å². The molecule has 0 radical (unpaired) electrons. The van der Waals surface area contributed by atoms with Crippen LogP contribution in [0.5, 0.6) is 0 Å². The van der Waals surface area contributed by atoms with E-state index < -0.39 is 0 Å². The number of carbonyl (C=O) groups excluding carboxylic acids is 2. The van der Waals surface area contributed by atoms with E-state index >= 15 is 0 Å². The third kappa shape index (κ3) is 4.17. The van der Waals surface area contributed by atoms with E-state index in [1.54, 1.807) is 36.7 Å². The third-order valence-corrected chi connectivity index (χ3v) is 4.44. The van der Waals surface area contributed by atoms with Crippen molar-refractivity contribution in [3.8, 4) is 0 Å². The van der Waals surface area contributed by atoms with Crippen LogP contribution in [0.4, 0.5) is 5.69 Å². The van der Waals surface area contributed by atoms with Crippen molar-refractivity contribution >= 4 is 35.2 Å². The molecule has 6 nitrogen and oxygen atoms in total. The molecule has 136 valence electrons. The van der Waals surface area contributed by atoms with Crippen LogP contribution in [0.2, 0.25) is 0 Å². The van der Waals surface area contributed by atoms with Gasteiger partial charge in [-0.05, 0) is 54.3 Å².